The third kappa shape index (κ3) is 3.55. The average Bonchev–Trinajstić information content (AvgIpc) is 2.81. The molecule has 0 spiro atoms. The van der Waals surface area contributed by atoms with E-state index in [9.17, 15) is 14.3 Å². The average molecular weight is 336 g/mol. The number of carboxylic acids is 1. The van der Waals surface area contributed by atoms with Crippen LogP contribution in [0.1, 0.15) is 48.9 Å². The second kappa shape index (κ2) is 7.06. The molecule has 3 heteroatoms. The zero-order chi connectivity index (χ0) is 18.0. The molecule has 0 heterocycles. The molecule has 0 aromatic heterocycles. The molecule has 0 aliphatic heterocycles. The molecule has 0 saturated heterocycles. The number of rotatable bonds is 5. The van der Waals surface area contributed by atoms with Crippen LogP contribution in [0.5, 0.6) is 0 Å². The topological polar surface area (TPSA) is 37.3 Å². The van der Waals surface area contributed by atoms with E-state index < -0.39 is 5.97 Å². The molecule has 0 atom stereocenters. The fraction of sp³-hybridized carbons (Fsp3) is 0.227. The Morgan fingerprint density at radius 3 is 2.48 bits per heavy atom. The van der Waals surface area contributed by atoms with Gasteiger partial charge in [-0.1, -0.05) is 43.7 Å². The van der Waals surface area contributed by atoms with Crippen LogP contribution in [-0.4, -0.2) is 11.1 Å². The summed E-state index contributed by atoms with van der Waals surface area (Å²) in [7, 11) is 0. The van der Waals surface area contributed by atoms with Crippen LogP contribution in [0.3, 0.4) is 0 Å². The molecular weight excluding hydrogens is 315 g/mol. The van der Waals surface area contributed by atoms with Crippen molar-refractivity contribution in [3.8, 4) is 0 Å². The first-order chi connectivity index (χ1) is 12.0. The first-order valence-corrected chi connectivity index (χ1v) is 8.52. The smallest absolute Gasteiger partial charge is 0.307 e. The number of carbonyl (C=O) groups is 1. The van der Waals surface area contributed by atoms with Gasteiger partial charge in [0.25, 0.3) is 0 Å². The number of carboxylic acid groups (broad SMARTS) is 1. The Morgan fingerprint density at radius 1 is 1.12 bits per heavy atom. The molecule has 0 amide bonds. The molecule has 0 unspecified atom stereocenters. The molecule has 0 bridgehead atoms. The van der Waals surface area contributed by atoms with Gasteiger partial charge in [0, 0.05) is 0 Å². The van der Waals surface area contributed by atoms with E-state index in [1.54, 1.807) is 6.07 Å². The van der Waals surface area contributed by atoms with Crippen LogP contribution in [0.4, 0.5) is 4.39 Å². The summed E-state index contributed by atoms with van der Waals surface area (Å²) >= 11 is 0. The van der Waals surface area contributed by atoms with Gasteiger partial charge in [-0.15, -0.1) is 0 Å². The van der Waals surface area contributed by atoms with Crippen LogP contribution in [0, 0.1) is 5.82 Å². The van der Waals surface area contributed by atoms with Crippen molar-refractivity contribution in [3.05, 3.63) is 76.1 Å². The summed E-state index contributed by atoms with van der Waals surface area (Å²) in [5, 5.41) is 9.20. The summed E-state index contributed by atoms with van der Waals surface area (Å²) in [5.41, 5.74) is 6.51. The summed E-state index contributed by atoms with van der Waals surface area (Å²) in [6, 6.07) is 13.0. The molecule has 2 nitrogen and oxygen atoms in total. The Balaban J connectivity index is 2.06. The molecule has 0 radical (unpaired) electrons. The Hall–Kier alpha value is -2.68. The van der Waals surface area contributed by atoms with Crippen LogP contribution in [0.2, 0.25) is 0 Å². The first-order valence-electron chi connectivity index (χ1n) is 8.52. The predicted octanol–water partition coefficient (Wildman–Crippen LogP) is 5.58. The number of hydrogen-bond donors (Lipinski definition) is 1. The molecule has 0 fully saturated rings. The minimum atomic E-state index is -0.908. The van der Waals surface area contributed by atoms with Crippen LogP contribution in [-0.2, 0) is 11.2 Å². The van der Waals surface area contributed by atoms with E-state index in [1.807, 2.05) is 6.92 Å². The van der Waals surface area contributed by atoms with Crippen molar-refractivity contribution in [1.82, 2.24) is 0 Å². The van der Waals surface area contributed by atoms with Crippen LogP contribution in [0.25, 0.3) is 17.2 Å². The van der Waals surface area contributed by atoms with Crippen molar-refractivity contribution in [1.29, 1.82) is 0 Å². The van der Waals surface area contributed by atoms with Crippen LogP contribution < -0.4 is 0 Å². The Morgan fingerprint density at radius 2 is 1.84 bits per heavy atom. The van der Waals surface area contributed by atoms with Gasteiger partial charge in [0.05, 0.1) is 6.42 Å². The van der Waals surface area contributed by atoms with Crippen molar-refractivity contribution in [3.63, 3.8) is 0 Å². The molecule has 1 N–H and O–H groups in total. The van der Waals surface area contributed by atoms with Crippen molar-refractivity contribution >= 4 is 23.2 Å². The first kappa shape index (κ1) is 17.2. The fourth-order valence-electron chi connectivity index (χ4n) is 3.37. The van der Waals surface area contributed by atoms with Gasteiger partial charge in [-0.05, 0) is 70.5 Å². The molecule has 1 aliphatic carbocycles. The van der Waals surface area contributed by atoms with Crippen molar-refractivity contribution in [2.75, 3.05) is 0 Å². The number of benzene rings is 2. The van der Waals surface area contributed by atoms with E-state index in [1.165, 1.54) is 17.7 Å². The van der Waals surface area contributed by atoms with Gasteiger partial charge in [0.2, 0.25) is 0 Å². The maximum Gasteiger partial charge on any atom is 0.307 e. The lowest BCUT2D eigenvalue weighted by atomic mass is 9.99. The number of halogens is 1. The van der Waals surface area contributed by atoms with Gasteiger partial charge in [0.15, 0.2) is 0 Å². The standard InChI is InChI=1S/C22H21FO2/c1-3-4-15-5-7-16(8-6-15)11-19-14(2)20(13-22(24)25)21-12-17(23)9-10-18(19)21/h5-12H,3-4,13H2,1-2H3,(H,24,25)/b19-11-. The third-order valence-corrected chi connectivity index (χ3v) is 4.61. The van der Waals surface area contributed by atoms with Crippen LogP contribution >= 0.6 is 0 Å². The summed E-state index contributed by atoms with van der Waals surface area (Å²) in [6.07, 6.45) is 4.12. The minimum Gasteiger partial charge on any atom is -0.481 e. The van der Waals surface area contributed by atoms with Gasteiger partial charge in [0.1, 0.15) is 5.82 Å². The SMILES string of the molecule is CCCc1ccc(/C=C2/C(C)=C(CC(=O)O)c3cc(F)ccc32)cc1. The van der Waals surface area contributed by atoms with Gasteiger partial charge < -0.3 is 5.11 Å². The van der Waals surface area contributed by atoms with Gasteiger partial charge in [-0.25, -0.2) is 4.39 Å². The van der Waals surface area contributed by atoms with Crippen LogP contribution in [0.15, 0.2) is 48.0 Å². The summed E-state index contributed by atoms with van der Waals surface area (Å²) < 4.78 is 13.7. The van der Waals surface area contributed by atoms with Crippen molar-refractivity contribution in [2.45, 2.75) is 33.1 Å². The summed E-state index contributed by atoms with van der Waals surface area (Å²) in [6.45, 7) is 4.07. The highest BCUT2D eigenvalue weighted by molar-refractivity contribution is 6.07. The molecule has 2 aromatic carbocycles. The summed E-state index contributed by atoms with van der Waals surface area (Å²) in [5.74, 6) is -1.26. The van der Waals surface area contributed by atoms with E-state index >= 15 is 0 Å². The highest BCUT2D eigenvalue weighted by Crippen LogP contribution is 2.43. The molecule has 3 rings (SSSR count). The predicted molar refractivity (Wildman–Crippen MR) is 99.6 cm³/mol. The Labute approximate surface area is 147 Å². The third-order valence-electron chi connectivity index (χ3n) is 4.61. The molecule has 0 saturated carbocycles. The molecule has 2 aromatic rings. The highest BCUT2D eigenvalue weighted by Gasteiger charge is 2.25. The molecule has 128 valence electrons. The normalized spacial score (nSPS) is 14.9. The number of allylic oxidation sites excluding steroid dienone is 2. The largest absolute Gasteiger partial charge is 0.481 e. The van der Waals surface area contributed by atoms with Crippen molar-refractivity contribution in [2.24, 2.45) is 0 Å². The molecule has 1 aliphatic rings. The zero-order valence-electron chi connectivity index (χ0n) is 14.5. The van der Waals surface area contributed by atoms with Gasteiger partial charge >= 0.3 is 5.97 Å². The quantitative estimate of drug-likeness (QED) is 0.774. The number of hydrogen-bond acceptors (Lipinski definition) is 1. The maximum absolute atomic E-state index is 13.7. The summed E-state index contributed by atoms with van der Waals surface area (Å²) in [4.78, 5) is 11.2. The van der Waals surface area contributed by atoms with E-state index in [0.29, 0.717) is 11.1 Å². The zero-order valence-corrected chi connectivity index (χ0v) is 14.5. The number of aliphatic carboxylic acids is 1. The van der Waals surface area contributed by atoms with E-state index in [2.05, 4.69) is 37.3 Å². The second-order valence-electron chi connectivity index (χ2n) is 6.41. The monoisotopic (exact) mass is 336 g/mol. The minimum absolute atomic E-state index is 0.102. The van der Waals surface area contributed by atoms with Crippen molar-refractivity contribution < 1.29 is 14.3 Å². The Bertz CT molecular complexity index is 873. The lowest BCUT2D eigenvalue weighted by molar-refractivity contribution is -0.135. The van der Waals surface area contributed by atoms with E-state index in [0.717, 1.165) is 35.1 Å². The highest BCUT2D eigenvalue weighted by atomic mass is 19.1. The van der Waals surface area contributed by atoms with E-state index in [4.69, 9.17) is 0 Å². The maximum atomic E-state index is 13.7. The molecular formula is C22H21FO2. The van der Waals surface area contributed by atoms with E-state index in [-0.39, 0.29) is 12.2 Å². The van der Waals surface area contributed by atoms with Gasteiger partial charge in [-0.2, -0.15) is 0 Å². The second-order valence-corrected chi connectivity index (χ2v) is 6.41. The lowest BCUT2D eigenvalue weighted by Crippen LogP contribution is -1.97. The van der Waals surface area contributed by atoms with Gasteiger partial charge in [-0.3, -0.25) is 4.79 Å². The molecule has 25 heavy (non-hydrogen) atoms. The Kier molecular flexibility index (Phi) is 4.84. The number of aryl methyl sites for hydroxylation is 1. The number of fused-ring (bicyclic) bond motifs is 1. The lowest BCUT2D eigenvalue weighted by Gasteiger charge is -2.05. The fourth-order valence-corrected chi connectivity index (χ4v) is 3.37.